The van der Waals surface area contributed by atoms with Gasteiger partial charge in [0.05, 0.1) is 12.6 Å². The van der Waals surface area contributed by atoms with Crippen LogP contribution in [0.15, 0.2) is 36.9 Å². The zero-order valence-electron chi connectivity index (χ0n) is 10.8. The lowest BCUT2D eigenvalue weighted by Crippen LogP contribution is -2.37. The molecule has 0 bridgehead atoms. The fourth-order valence-corrected chi connectivity index (χ4v) is 1.59. The van der Waals surface area contributed by atoms with Crippen LogP contribution in [0.1, 0.15) is 18.5 Å². The normalized spacial score (nSPS) is 11.9. The number of benzene rings is 1. The van der Waals surface area contributed by atoms with Crippen LogP contribution in [0.5, 0.6) is 0 Å². The van der Waals surface area contributed by atoms with E-state index in [0.29, 0.717) is 6.54 Å². The van der Waals surface area contributed by atoms with Gasteiger partial charge in [0.15, 0.2) is 0 Å². The van der Waals surface area contributed by atoms with Crippen LogP contribution in [0.4, 0.5) is 4.39 Å². The molecule has 1 aromatic rings. The molecular weight excluding hydrogens is 231 g/mol. The molecule has 0 fully saturated rings. The fraction of sp³-hybridized carbons (Fsp3) is 0.357. The van der Waals surface area contributed by atoms with Gasteiger partial charge in [-0.3, -0.25) is 4.79 Å². The van der Waals surface area contributed by atoms with Crippen LogP contribution in [-0.2, 0) is 4.79 Å². The van der Waals surface area contributed by atoms with Gasteiger partial charge in [0.25, 0.3) is 0 Å². The number of nitrogens with one attached hydrogen (secondary N) is 1. The third-order valence-electron chi connectivity index (χ3n) is 2.89. The van der Waals surface area contributed by atoms with Crippen molar-refractivity contribution in [3.63, 3.8) is 0 Å². The second-order valence-corrected chi connectivity index (χ2v) is 4.15. The summed E-state index contributed by atoms with van der Waals surface area (Å²) in [6.45, 7) is 6.36. The van der Waals surface area contributed by atoms with E-state index >= 15 is 0 Å². The van der Waals surface area contributed by atoms with Gasteiger partial charge in [-0.25, -0.2) is 4.39 Å². The van der Waals surface area contributed by atoms with Crippen molar-refractivity contribution in [2.45, 2.75) is 13.0 Å². The average molecular weight is 250 g/mol. The molecule has 0 radical (unpaired) electrons. The number of halogens is 1. The molecule has 0 aliphatic heterocycles. The van der Waals surface area contributed by atoms with Gasteiger partial charge < -0.3 is 10.2 Å². The van der Waals surface area contributed by atoms with Crippen molar-refractivity contribution >= 4 is 5.91 Å². The minimum atomic E-state index is -0.271. The monoisotopic (exact) mass is 250 g/mol. The highest BCUT2D eigenvalue weighted by Gasteiger charge is 2.16. The molecule has 0 heterocycles. The lowest BCUT2D eigenvalue weighted by Gasteiger charge is -2.25. The van der Waals surface area contributed by atoms with E-state index in [2.05, 4.69) is 11.9 Å². The molecule has 3 nitrogen and oxygen atoms in total. The third-order valence-corrected chi connectivity index (χ3v) is 2.89. The minimum Gasteiger partial charge on any atom is -0.338 e. The molecule has 1 amide bonds. The van der Waals surface area contributed by atoms with E-state index in [0.717, 1.165) is 5.56 Å². The molecule has 0 aromatic heterocycles. The first-order valence-electron chi connectivity index (χ1n) is 5.89. The van der Waals surface area contributed by atoms with Crippen molar-refractivity contribution < 1.29 is 9.18 Å². The van der Waals surface area contributed by atoms with Crippen molar-refractivity contribution in [2.75, 3.05) is 20.1 Å². The molecule has 1 rings (SSSR count). The molecule has 0 aliphatic rings. The summed E-state index contributed by atoms with van der Waals surface area (Å²) in [5.41, 5.74) is 0.913. The Morgan fingerprint density at radius 1 is 1.50 bits per heavy atom. The summed E-state index contributed by atoms with van der Waals surface area (Å²) in [7, 11) is 1.74. The van der Waals surface area contributed by atoms with Gasteiger partial charge in [0, 0.05) is 13.6 Å². The van der Waals surface area contributed by atoms with E-state index in [-0.39, 0.29) is 24.3 Å². The Hall–Kier alpha value is -1.68. The van der Waals surface area contributed by atoms with Crippen LogP contribution in [0, 0.1) is 5.82 Å². The number of amides is 1. The molecule has 4 heteroatoms. The predicted molar refractivity (Wildman–Crippen MR) is 70.7 cm³/mol. The van der Waals surface area contributed by atoms with Gasteiger partial charge in [0.2, 0.25) is 5.91 Å². The second kappa shape index (κ2) is 6.91. The van der Waals surface area contributed by atoms with Gasteiger partial charge in [-0.15, -0.1) is 6.58 Å². The summed E-state index contributed by atoms with van der Waals surface area (Å²) < 4.78 is 12.8. The van der Waals surface area contributed by atoms with Crippen molar-refractivity contribution in [3.05, 3.63) is 48.3 Å². The first kappa shape index (κ1) is 14.4. The van der Waals surface area contributed by atoms with E-state index in [1.807, 2.05) is 6.92 Å². The molecular formula is C14H19FN2O. The molecule has 98 valence electrons. The number of carbonyl (C=O) groups excluding carboxylic acids is 1. The van der Waals surface area contributed by atoms with Gasteiger partial charge >= 0.3 is 0 Å². The van der Waals surface area contributed by atoms with Crippen LogP contribution in [0.25, 0.3) is 0 Å². The maximum Gasteiger partial charge on any atom is 0.236 e. The number of likely N-dealkylation sites (N-methyl/N-ethyl adjacent to an activating group) is 1. The predicted octanol–water partition coefficient (Wildman–Crippen LogP) is 2.12. The van der Waals surface area contributed by atoms with Gasteiger partial charge in [-0.2, -0.15) is 0 Å². The summed E-state index contributed by atoms with van der Waals surface area (Å²) in [4.78, 5) is 13.5. The number of hydrogen-bond acceptors (Lipinski definition) is 2. The smallest absolute Gasteiger partial charge is 0.236 e. The SMILES string of the molecule is C=CCNCC(=O)N(C)C(C)c1ccc(F)cc1. The molecule has 18 heavy (non-hydrogen) atoms. The molecule has 1 unspecified atom stereocenters. The Labute approximate surface area is 107 Å². The molecule has 1 N–H and O–H groups in total. The van der Waals surface area contributed by atoms with E-state index in [1.54, 1.807) is 30.2 Å². The van der Waals surface area contributed by atoms with Gasteiger partial charge in [-0.05, 0) is 24.6 Å². The molecule has 0 spiro atoms. The number of hydrogen-bond donors (Lipinski definition) is 1. The summed E-state index contributed by atoms with van der Waals surface area (Å²) in [6.07, 6.45) is 1.71. The zero-order chi connectivity index (χ0) is 13.5. The lowest BCUT2D eigenvalue weighted by atomic mass is 10.1. The Morgan fingerprint density at radius 3 is 2.67 bits per heavy atom. The third kappa shape index (κ3) is 3.96. The largest absolute Gasteiger partial charge is 0.338 e. The number of nitrogens with zero attached hydrogens (tertiary/aromatic N) is 1. The first-order valence-corrected chi connectivity index (χ1v) is 5.89. The van der Waals surface area contributed by atoms with Crippen molar-refractivity contribution in [2.24, 2.45) is 0 Å². The topological polar surface area (TPSA) is 32.3 Å². The van der Waals surface area contributed by atoms with Crippen molar-refractivity contribution in [1.29, 1.82) is 0 Å². The standard InChI is InChI=1S/C14H19FN2O/c1-4-9-16-10-14(18)17(3)11(2)12-5-7-13(15)8-6-12/h4-8,11,16H,1,9-10H2,2-3H3. The molecule has 0 saturated heterocycles. The van der Waals surface area contributed by atoms with Crippen LogP contribution >= 0.6 is 0 Å². The summed E-state index contributed by atoms with van der Waals surface area (Å²) in [5.74, 6) is -0.277. The van der Waals surface area contributed by atoms with E-state index in [9.17, 15) is 9.18 Å². The highest BCUT2D eigenvalue weighted by molar-refractivity contribution is 5.78. The minimum absolute atomic E-state index is 0.00586. The summed E-state index contributed by atoms with van der Waals surface area (Å²) >= 11 is 0. The first-order chi connectivity index (χ1) is 8.56. The second-order valence-electron chi connectivity index (χ2n) is 4.15. The summed E-state index contributed by atoms with van der Waals surface area (Å²) in [6, 6.07) is 6.12. The van der Waals surface area contributed by atoms with Crippen molar-refractivity contribution in [3.8, 4) is 0 Å². The Bertz CT molecular complexity index is 403. The van der Waals surface area contributed by atoms with E-state index in [1.165, 1.54) is 12.1 Å². The maximum absolute atomic E-state index is 12.8. The van der Waals surface area contributed by atoms with Crippen LogP contribution in [-0.4, -0.2) is 30.9 Å². The van der Waals surface area contributed by atoms with Crippen molar-refractivity contribution in [1.82, 2.24) is 10.2 Å². The summed E-state index contributed by atoms with van der Waals surface area (Å²) in [5, 5.41) is 2.96. The van der Waals surface area contributed by atoms with Crippen LogP contribution in [0.2, 0.25) is 0 Å². The molecule has 1 aromatic carbocycles. The van der Waals surface area contributed by atoms with Gasteiger partial charge in [-0.1, -0.05) is 18.2 Å². The lowest BCUT2D eigenvalue weighted by molar-refractivity contribution is -0.130. The molecule has 0 aliphatic carbocycles. The number of carbonyl (C=O) groups is 1. The Balaban J connectivity index is 2.59. The maximum atomic E-state index is 12.8. The van der Waals surface area contributed by atoms with E-state index in [4.69, 9.17) is 0 Å². The fourth-order valence-electron chi connectivity index (χ4n) is 1.59. The highest BCUT2D eigenvalue weighted by Crippen LogP contribution is 2.18. The van der Waals surface area contributed by atoms with Crippen LogP contribution < -0.4 is 5.32 Å². The Kier molecular flexibility index (Phi) is 5.52. The Morgan fingerprint density at radius 2 is 2.11 bits per heavy atom. The molecule has 1 atom stereocenters. The quantitative estimate of drug-likeness (QED) is 0.619. The van der Waals surface area contributed by atoms with Crippen LogP contribution in [0.3, 0.4) is 0 Å². The molecule has 0 saturated carbocycles. The highest BCUT2D eigenvalue weighted by atomic mass is 19.1. The number of rotatable bonds is 6. The van der Waals surface area contributed by atoms with E-state index < -0.39 is 0 Å². The zero-order valence-corrected chi connectivity index (χ0v) is 10.8. The van der Waals surface area contributed by atoms with Gasteiger partial charge in [0.1, 0.15) is 5.82 Å². The average Bonchev–Trinajstić information content (AvgIpc) is 2.38.